The summed E-state index contributed by atoms with van der Waals surface area (Å²) in [6, 6.07) is 47.2. The van der Waals surface area contributed by atoms with Crippen LogP contribution in [0.25, 0.3) is 43.5 Å². The van der Waals surface area contributed by atoms with Crippen molar-refractivity contribution in [1.82, 2.24) is 0 Å². The van der Waals surface area contributed by atoms with Crippen LogP contribution >= 0.6 is 11.3 Å². The Morgan fingerprint density at radius 2 is 1.31 bits per heavy atom. The molecule has 3 heterocycles. The number of fused-ring (bicyclic) bond motifs is 7. The summed E-state index contributed by atoms with van der Waals surface area (Å²) in [7, 11) is 2.58. The van der Waals surface area contributed by atoms with Crippen LogP contribution in [0.4, 0.5) is 5.69 Å². The van der Waals surface area contributed by atoms with Gasteiger partial charge in [0.2, 0.25) is 7.28 Å². The van der Waals surface area contributed by atoms with Gasteiger partial charge in [-0.3, -0.25) is 0 Å². The van der Waals surface area contributed by atoms with Crippen LogP contribution in [0.3, 0.4) is 0 Å². The molecule has 307 valence electrons. The summed E-state index contributed by atoms with van der Waals surface area (Å²) in [4.78, 5) is 0. The lowest BCUT2D eigenvalue weighted by atomic mass is 9.54. The zero-order chi connectivity index (χ0) is 42.6. The Morgan fingerprint density at radius 3 is 2.00 bits per heavy atom. The van der Waals surface area contributed by atoms with Crippen LogP contribution in [-0.4, -0.2) is 12.8 Å². The molecule has 3 aliphatic rings. The molecule has 7 aromatic rings. The number of rotatable bonds is 5. The first kappa shape index (κ1) is 40.2. The van der Waals surface area contributed by atoms with Crippen molar-refractivity contribution < 1.29 is 0 Å². The molecular weight excluding hydrogens is 754 g/mol. The van der Waals surface area contributed by atoms with Crippen LogP contribution in [0.15, 0.2) is 121 Å². The third kappa shape index (κ3) is 6.55. The molecule has 0 bridgehead atoms. The summed E-state index contributed by atoms with van der Waals surface area (Å²) in [5.41, 5.74) is 20.5. The van der Waals surface area contributed by atoms with E-state index in [2.05, 4.69) is 203 Å². The second-order valence-corrected chi connectivity index (χ2v) is 22.5. The molecule has 1 nitrogen and oxygen atoms in total. The lowest BCUT2D eigenvalue weighted by Gasteiger charge is -2.45. The predicted molar refractivity (Wildman–Crippen MR) is 266 cm³/mol. The zero-order valence-electron chi connectivity index (χ0n) is 38.0. The van der Waals surface area contributed by atoms with Crippen LogP contribution in [0.2, 0.25) is 0 Å². The van der Waals surface area contributed by atoms with E-state index in [-0.39, 0.29) is 27.7 Å². The summed E-state index contributed by atoms with van der Waals surface area (Å²) >= 11 is 1.97. The van der Waals surface area contributed by atoms with E-state index in [9.17, 15) is 0 Å². The van der Waals surface area contributed by atoms with Crippen molar-refractivity contribution in [2.75, 3.05) is 5.32 Å². The molecule has 2 aliphatic heterocycles. The van der Waals surface area contributed by atoms with Crippen LogP contribution in [0.5, 0.6) is 0 Å². The van der Waals surface area contributed by atoms with Crippen LogP contribution < -0.4 is 15.6 Å². The normalized spacial score (nSPS) is 20.7. The van der Waals surface area contributed by atoms with Crippen molar-refractivity contribution in [3.05, 3.63) is 160 Å². The molecule has 3 heteroatoms. The SMILES string of the molecule is CC(C)c1ccc2sc3c(c2c1)C(c1ccc(C(C)(C)C)cc1-c1ccccc1)c1cc(-c2ccccc2)cc(-c2cc(C(C)(C)C)cc4c2NC2(C)CCCCC42C)c1[B]3. The standard InChI is InChI=1S/C58H61BNS/c1-35(2)38-23-26-49-46(29-38)51-50(42-25-24-40(55(3,4)5)32-43(42)37-21-15-12-16-22-37)47-31-39(36-19-13-11-14-20-36)30-44(52(47)59-54(51)61-49)45-33-41(56(6,7)8)34-48-53(45)60-58(10)28-18-17-27-57(48,58)9/h11-16,19-26,29-35,50,60H,17-18,27-28H2,1-10H3. The van der Waals surface area contributed by atoms with Gasteiger partial charge in [-0.05, 0) is 138 Å². The molecule has 1 fully saturated rings. The van der Waals surface area contributed by atoms with Crippen molar-refractivity contribution >= 4 is 44.6 Å². The van der Waals surface area contributed by atoms with Crippen molar-refractivity contribution in [2.24, 2.45) is 0 Å². The van der Waals surface area contributed by atoms with Gasteiger partial charge in [0.25, 0.3) is 0 Å². The Bertz CT molecular complexity index is 2830. The fraction of sp³-hybridized carbons (Fsp3) is 0.345. The number of hydrogen-bond acceptors (Lipinski definition) is 2. The van der Waals surface area contributed by atoms with Gasteiger partial charge >= 0.3 is 0 Å². The molecule has 3 unspecified atom stereocenters. The van der Waals surface area contributed by atoms with Gasteiger partial charge in [-0.25, -0.2) is 0 Å². The number of thiophene rings is 1. The predicted octanol–water partition coefficient (Wildman–Crippen LogP) is 14.8. The highest BCUT2D eigenvalue weighted by molar-refractivity contribution is 7.28. The fourth-order valence-electron chi connectivity index (χ4n) is 11.0. The Kier molecular flexibility index (Phi) is 9.46. The van der Waals surface area contributed by atoms with Gasteiger partial charge < -0.3 is 5.32 Å². The summed E-state index contributed by atoms with van der Waals surface area (Å²) in [6.45, 7) is 23.9. The summed E-state index contributed by atoms with van der Waals surface area (Å²) in [5.74, 6) is 0.458. The minimum atomic E-state index is -0.0106. The van der Waals surface area contributed by atoms with E-state index in [0.29, 0.717) is 5.92 Å². The average molecular weight is 815 g/mol. The van der Waals surface area contributed by atoms with Gasteiger partial charge in [0.05, 0.1) is 0 Å². The molecule has 10 rings (SSSR count). The van der Waals surface area contributed by atoms with Gasteiger partial charge in [-0.1, -0.05) is 178 Å². The molecule has 6 aromatic carbocycles. The van der Waals surface area contributed by atoms with Gasteiger partial charge in [0.1, 0.15) is 0 Å². The number of anilines is 1. The van der Waals surface area contributed by atoms with Gasteiger partial charge in [0, 0.05) is 32.8 Å². The first-order chi connectivity index (χ1) is 29.0. The first-order valence-corrected chi connectivity index (χ1v) is 23.7. The molecular formula is C58H61BNS. The summed E-state index contributed by atoms with van der Waals surface area (Å²) in [5, 5.41) is 5.70. The zero-order valence-corrected chi connectivity index (χ0v) is 38.8. The molecule has 1 radical (unpaired) electrons. The third-order valence-corrected chi connectivity index (χ3v) is 16.2. The summed E-state index contributed by atoms with van der Waals surface area (Å²) < 4.78 is 2.74. The fourth-order valence-corrected chi connectivity index (χ4v) is 12.2. The average Bonchev–Trinajstić information content (AvgIpc) is 3.72. The van der Waals surface area contributed by atoms with Crippen LogP contribution in [-0.2, 0) is 16.2 Å². The molecule has 1 aromatic heterocycles. The van der Waals surface area contributed by atoms with E-state index in [4.69, 9.17) is 0 Å². The highest BCUT2D eigenvalue weighted by atomic mass is 32.1. The van der Waals surface area contributed by atoms with Crippen molar-refractivity contribution in [3.63, 3.8) is 0 Å². The summed E-state index contributed by atoms with van der Waals surface area (Å²) in [6.07, 6.45) is 4.95. The largest absolute Gasteiger partial charge is 0.378 e. The Morgan fingerprint density at radius 1 is 0.639 bits per heavy atom. The first-order valence-electron chi connectivity index (χ1n) is 22.9. The van der Waals surface area contributed by atoms with E-state index in [1.165, 1.54) is 124 Å². The highest BCUT2D eigenvalue weighted by Crippen LogP contribution is 2.58. The quantitative estimate of drug-likeness (QED) is 0.171. The molecule has 1 N–H and O–H groups in total. The Hall–Kier alpha value is -4.86. The van der Waals surface area contributed by atoms with Crippen molar-refractivity contribution in [3.8, 4) is 33.4 Å². The molecule has 1 saturated carbocycles. The number of hydrogen-bond donors (Lipinski definition) is 1. The van der Waals surface area contributed by atoms with E-state index in [1.807, 2.05) is 11.3 Å². The number of benzene rings is 6. The van der Waals surface area contributed by atoms with Gasteiger partial charge in [-0.2, -0.15) is 11.3 Å². The monoisotopic (exact) mass is 814 g/mol. The maximum atomic E-state index is 4.31. The lowest BCUT2D eigenvalue weighted by molar-refractivity contribution is 0.214. The molecule has 61 heavy (non-hydrogen) atoms. The van der Waals surface area contributed by atoms with Crippen molar-refractivity contribution in [1.29, 1.82) is 0 Å². The molecule has 0 spiro atoms. The van der Waals surface area contributed by atoms with Gasteiger partial charge in [0.15, 0.2) is 0 Å². The maximum absolute atomic E-state index is 4.31. The van der Waals surface area contributed by atoms with Crippen LogP contribution in [0, 0.1) is 0 Å². The van der Waals surface area contributed by atoms with Crippen molar-refractivity contribution in [2.45, 2.75) is 129 Å². The van der Waals surface area contributed by atoms with E-state index in [0.717, 1.165) is 0 Å². The molecule has 0 saturated heterocycles. The van der Waals surface area contributed by atoms with Crippen LogP contribution in [0.1, 0.15) is 146 Å². The van der Waals surface area contributed by atoms with E-state index in [1.54, 1.807) is 0 Å². The minimum Gasteiger partial charge on any atom is -0.378 e. The third-order valence-electron chi connectivity index (χ3n) is 15.1. The minimum absolute atomic E-state index is 0.00828. The highest BCUT2D eigenvalue weighted by Gasteiger charge is 2.54. The molecule has 0 amide bonds. The lowest BCUT2D eigenvalue weighted by Crippen LogP contribution is -2.50. The Balaban J connectivity index is 1.34. The number of nitrogens with one attached hydrogen (secondary N) is 1. The second kappa shape index (κ2) is 14.3. The topological polar surface area (TPSA) is 12.0 Å². The van der Waals surface area contributed by atoms with E-state index >= 15 is 0 Å². The van der Waals surface area contributed by atoms with E-state index < -0.39 is 0 Å². The molecule has 1 aliphatic carbocycles. The van der Waals surface area contributed by atoms with Gasteiger partial charge in [-0.15, -0.1) is 0 Å². The second-order valence-electron chi connectivity index (χ2n) is 21.4. The molecule has 3 atom stereocenters. The Labute approximate surface area is 370 Å². The maximum Gasteiger partial charge on any atom is 0.206 e. The smallest absolute Gasteiger partial charge is 0.206 e.